The van der Waals surface area contributed by atoms with Crippen molar-refractivity contribution in [3.05, 3.63) is 65.2 Å². The van der Waals surface area contributed by atoms with Crippen molar-refractivity contribution in [1.82, 2.24) is 4.90 Å². The molecule has 12 heteroatoms. The summed E-state index contributed by atoms with van der Waals surface area (Å²) in [6.07, 6.45) is -16.6. The summed E-state index contributed by atoms with van der Waals surface area (Å²) < 4.78 is 120. The molecule has 0 aromatic heterocycles. The van der Waals surface area contributed by atoms with E-state index in [-0.39, 0.29) is 24.6 Å². The number of urea groups is 1. The summed E-state index contributed by atoms with van der Waals surface area (Å²) >= 11 is 0. The summed E-state index contributed by atoms with van der Waals surface area (Å²) in [6.45, 7) is 3.04. The van der Waals surface area contributed by atoms with Gasteiger partial charge in [-0.25, -0.2) is 4.79 Å². The van der Waals surface area contributed by atoms with Crippen molar-refractivity contribution in [1.29, 1.82) is 0 Å². The minimum atomic E-state index is -5.15. The van der Waals surface area contributed by atoms with Crippen LogP contribution in [0.15, 0.2) is 48.5 Å². The average Bonchev–Trinajstić information content (AvgIpc) is 2.97. The van der Waals surface area contributed by atoms with Crippen LogP contribution in [0.25, 0.3) is 0 Å². The van der Waals surface area contributed by atoms with Crippen LogP contribution < -0.4 is 5.32 Å². The van der Waals surface area contributed by atoms with E-state index in [9.17, 15) is 44.3 Å². The first kappa shape index (κ1) is 26.7. The topological polar surface area (TPSA) is 32.3 Å². The Morgan fingerprint density at radius 2 is 1.40 bits per heavy atom. The molecule has 35 heavy (non-hydrogen) atoms. The van der Waals surface area contributed by atoms with Crippen molar-refractivity contribution in [2.45, 2.75) is 50.8 Å². The summed E-state index contributed by atoms with van der Waals surface area (Å²) in [7, 11) is 0. The maximum atomic E-state index is 13.7. The highest BCUT2D eigenvalue weighted by atomic mass is 19.4. The van der Waals surface area contributed by atoms with Crippen LogP contribution in [0.3, 0.4) is 0 Å². The fourth-order valence-electron chi connectivity index (χ4n) is 4.60. The van der Waals surface area contributed by atoms with Crippen molar-refractivity contribution in [3.8, 4) is 0 Å². The Kier molecular flexibility index (Phi) is 6.58. The molecule has 1 saturated heterocycles. The normalized spacial score (nSPS) is 20.7. The molecule has 1 unspecified atom stereocenters. The lowest BCUT2D eigenvalue weighted by Gasteiger charge is -2.39. The number of amides is 2. The zero-order valence-electron chi connectivity index (χ0n) is 18.5. The summed E-state index contributed by atoms with van der Waals surface area (Å²) in [4.78, 5) is 14.0. The average molecular weight is 512 g/mol. The highest BCUT2D eigenvalue weighted by Crippen LogP contribution is 2.52. The summed E-state index contributed by atoms with van der Waals surface area (Å²) in [6, 6.07) is 6.61. The van der Waals surface area contributed by atoms with E-state index < -0.39 is 58.7 Å². The molecular weight excluding hydrogens is 491 g/mol. The molecule has 1 fully saturated rings. The Morgan fingerprint density at radius 3 is 1.86 bits per heavy atom. The number of likely N-dealkylation sites (tertiary alicyclic amines) is 1. The minimum absolute atomic E-state index is 0.105. The van der Waals surface area contributed by atoms with Crippen LogP contribution in [0.5, 0.6) is 0 Å². The van der Waals surface area contributed by atoms with Crippen LogP contribution in [-0.2, 0) is 17.9 Å². The number of rotatable bonds is 3. The zero-order valence-corrected chi connectivity index (χ0v) is 18.5. The lowest BCUT2D eigenvalue weighted by Crippen LogP contribution is -2.49. The molecule has 2 aromatic rings. The Labute approximate surface area is 194 Å². The maximum Gasteiger partial charge on any atom is 0.416 e. The van der Waals surface area contributed by atoms with Crippen molar-refractivity contribution >= 4 is 11.7 Å². The molecule has 1 aliphatic heterocycles. The molecule has 192 valence electrons. The highest BCUT2D eigenvalue weighted by Gasteiger charge is 2.56. The standard InChI is InChI=1S/C23H21F9N2O/c1-19(2)11-20(12-21(24,25)26,14-6-4-3-5-7-14)34(13-19)18(35)33-17-9-15(22(27,28)29)8-16(10-17)23(30,31)32/h3-10H,11-13H2,1-2H3,(H,33,35). The molecule has 0 bridgehead atoms. The summed E-state index contributed by atoms with van der Waals surface area (Å²) in [5.74, 6) is 0. The SMILES string of the molecule is CC1(C)CN(C(=O)Nc2cc(C(F)(F)F)cc(C(F)(F)F)c2)C(CC(F)(F)F)(c2ccccc2)C1. The minimum Gasteiger partial charge on any atom is -0.314 e. The lowest BCUT2D eigenvalue weighted by molar-refractivity contribution is -0.158. The first-order valence-corrected chi connectivity index (χ1v) is 10.3. The number of anilines is 1. The van der Waals surface area contributed by atoms with Crippen molar-refractivity contribution in [2.75, 3.05) is 11.9 Å². The third kappa shape index (κ3) is 6.02. The number of hydrogen-bond donors (Lipinski definition) is 1. The Balaban J connectivity index is 2.08. The van der Waals surface area contributed by atoms with E-state index in [1.165, 1.54) is 24.3 Å². The van der Waals surface area contributed by atoms with E-state index in [4.69, 9.17) is 0 Å². The molecule has 0 spiro atoms. The summed E-state index contributed by atoms with van der Waals surface area (Å²) in [5, 5.41) is 1.98. The van der Waals surface area contributed by atoms with Gasteiger partial charge >= 0.3 is 24.6 Å². The van der Waals surface area contributed by atoms with Gasteiger partial charge in [-0.2, -0.15) is 39.5 Å². The number of carbonyl (C=O) groups is 1. The van der Waals surface area contributed by atoms with Gasteiger partial charge in [0, 0.05) is 12.2 Å². The van der Waals surface area contributed by atoms with Crippen molar-refractivity contribution in [2.24, 2.45) is 5.41 Å². The van der Waals surface area contributed by atoms with Crippen LogP contribution in [0.2, 0.25) is 0 Å². The number of hydrogen-bond acceptors (Lipinski definition) is 1. The van der Waals surface area contributed by atoms with Crippen molar-refractivity contribution in [3.63, 3.8) is 0 Å². The number of halogens is 9. The predicted octanol–water partition coefficient (Wildman–Crippen LogP) is 7.84. The number of nitrogens with one attached hydrogen (secondary N) is 1. The molecule has 3 rings (SSSR count). The predicted molar refractivity (Wildman–Crippen MR) is 109 cm³/mol. The van der Waals surface area contributed by atoms with Gasteiger partial charge in [0.15, 0.2) is 0 Å². The fraction of sp³-hybridized carbons (Fsp3) is 0.435. The van der Waals surface area contributed by atoms with E-state index in [0.29, 0.717) is 12.1 Å². The number of benzene rings is 2. The molecule has 3 nitrogen and oxygen atoms in total. The smallest absolute Gasteiger partial charge is 0.314 e. The van der Waals surface area contributed by atoms with Gasteiger partial charge < -0.3 is 10.2 Å². The fourth-order valence-corrected chi connectivity index (χ4v) is 4.60. The van der Waals surface area contributed by atoms with E-state index >= 15 is 0 Å². The molecule has 1 N–H and O–H groups in total. The molecule has 2 aromatic carbocycles. The van der Waals surface area contributed by atoms with Gasteiger partial charge in [0.05, 0.1) is 23.1 Å². The maximum absolute atomic E-state index is 13.7. The van der Waals surface area contributed by atoms with Crippen molar-refractivity contribution < 1.29 is 44.3 Å². The second-order valence-corrected chi connectivity index (χ2v) is 9.34. The monoisotopic (exact) mass is 512 g/mol. The number of alkyl halides is 9. The second-order valence-electron chi connectivity index (χ2n) is 9.34. The zero-order chi connectivity index (χ0) is 26.4. The van der Waals surface area contributed by atoms with E-state index in [2.05, 4.69) is 0 Å². The molecule has 1 heterocycles. The van der Waals surface area contributed by atoms with Gasteiger partial charge in [-0.05, 0) is 35.6 Å². The Morgan fingerprint density at radius 1 is 0.886 bits per heavy atom. The van der Waals surface area contributed by atoms with E-state index in [0.717, 1.165) is 4.90 Å². The molecule has 0 aliphatic carbocycles. The van der Waals surface area contributed by atoms with E-state index in [1.54, 1.807) is 19.9 Å². The van der Waals surface area contributed by atoms with Gasteiger partial charge in [-0.1, -0.05) is 44.2 Å². The molecule has 0 saturated carbocycles. The summed E-state index contributed by atoms with van der Waals surface area (Å²) in [5.41, 5.74) is -6.75. The van der Waals surface area contributed by atoms with Crippen LogP contribution >= 0.6 is 0 Å². The van der Waals surface area contributed by atoms with Gasteiger partial charge in [0.1, 0.15) is 0 Å². The molecule has 1 atom stereocenters. The van der Waals surface area contributed by atoms with E-state index in [1.807, 2.05) is 5.32 Å². The van der Waals surface area contributed by atoms with Gasteiger partial charge in [-0.3, -0.25) is 0 Å². The van der Waals surface area contributed by atoms with Crippen LogP contribution in [0, 0.1) is 5.41 Å². The second kappa shape index (κ2) is 8.63. The molecule has 0 radical (unpaired) electrons. The Bertz CT molecular complexity index is 1040. The highest BCUT2D eigenvalue weighted by molar-refractivity contribution is 5.90. The first-order chi connectivity index (χ1) is 15.8. The lowest BCUT2D eigenvalue weighted by atomic mass is 9.77. The third-order valence-corrected chi connectivity index (χ3v) is 5.76. The van der Waals surface area contributed by atoms with Crippen LogP contribution in [0.1, 0.15) is 43.4 Å². The van der Waals surface area contributed by atoms with Gasteiger partial charge in [0.2, 0.25) is 0 Å². The van der Waals surface area contributed by atoms with Crippen LogP contribution in [-0.4, -0.2) is 23.7 Å². The third-order valence-electron chi connectivity index (χ3n) is 5.76. The van der Waals surface area contributed by atoms with Gasteiger partial charge in [0.25, 0.3) is 0 Å². The number of carbonyl (C=O) groups excluding carboxylic acids is 1. The molecule has 2 amide bonds. The Hall–Kier alpha value is -2.92. The molecule has 1 aliphatic rings. The quantitative estimate of drug-likeness (QED) is 0.418. The van der Waals surface area contributed by atoms with Crippen LogP contribution in [0.4, 0.5) is 50.0 Å². The molecular formula is C23H21F9N2O. The first-order valence-electron chi connectivity index (χ1n) is 10.3. The van der Waals surface area contributed by atoms with Gasteiger partial charge in [-0.15, -0.1) is 0 Å². The number of nitrogens with zero attached hydrogens (tertiary/aromatic N) is 1. The largest absolute Gasteiger partial charge is 0.416 e.